The second kappa shape index (κ2) is 9.31. The number of allylic oxidation sites excluding steroid dienone is 4. The maximum atomic E-state index is 16.1. The number of nitrogens with two attached hydrogens (primary N) is 1. The van der Waals surface area contributed by atoms with Gasteiger partial charge in [-0.05, 0) is 37.3 Å². The minimum Gasteiger partial charge on any atom is -0.368 e. The first-order chi connectivity index (χ1) is 16.9. The summed E-state index contributed by atoms with van der Waals surface area (Å²) in [7, 11) is 0. The van der Waals surface area contributed by atoms with Crippen LogP contribution in [0.3, 0.4) is 0 Å². The van der Waals surface area contributed by atoms with E-state index in [2.05, 4.69) is 15.1 Å². The Morgan fingerprint density at radius 3 is 2.71 bits per heavy atom. The molecule has 35 heavy (non-hydrogen) atoms. The molecule has 2 unspecified atom stereocenters. The normalized spacial score (nSPS) is 20.0. The smallest absolute Gasteiger partial charge is 0.328 e. The van der Waals surface area contributed by atoms with Gasteiger partial charge in [-0.25, -0.2) is 19.2 Å². The van der Waals surface area contributed by atoms with Gasteiger partial charge < -0.3 is 5.73 Å². The summed E-state index contributed by atoms with van der Waals surface area (Å²) in [5.41, 5.74) is 8.38. The zero-order valence-corrected chi connectivity index (χ0v) is 20.3. The van der Waals surface area contributed by atoms with E-state index in [9.17, 15) is 4.79 Å². The van der Waals surface area contributed by atoms with Crippen molar-refractivity contribution in [3.63, 3.8) is 0 Å². The molecule has 2 aliphatic rings. The molecule has 0 bridgehead atoms. The predicted molar refractivity (Wildman–Crippen MR) is 134 cm³/mol. The maximum Gasteiger partial charge on any atom is 0.328 e. The Kier molecular flexibility index (Phi) is 6.21. The molecule has 0 spiro atoms. The summed E-state index contributed by atoms with van der Waals surface area (Å²) in [6, 6.07) is 6.37. The van der Waals surface area contributed by atoms with Crippen LogP contribution in [0.1, 0.15) is 18.4 Å². The number of benzene rings is 1. The Morgan fingerprint density at radius 1 is 1.17 bits per heavy atom. The Hall–Kier alpha value is -3.43. The second-order valence-electron chi connectivity index (χ2n) is 8.18. The van der Waals surface area contributed by atoms with Crippen LogP contribution in [0.2, 0.25) is 10.0 Å². The van der Waals surface area contributed by atoms with E-state index in [1.807, 2.05) is 13.1 Å². The number of carbonyl (C=O) groups excluding carboxylic acids is 1. The number of hydrogen-bond donors (Lipinski definition) is 1. The fourth-order valence-corrected chi connectivity index (χ4v) is 4.66. The molecule has 2 N–H and O–H groups in total. The lowest BCUT2D eigenvalue weighted by Gasteiger charge is -2.29. The van der Waals surface area contributed by atoms with Crippen molar-refractivity contribution >= 4 is 40.9 Å². The average Bonchev–Trinajstić information content (AvgIpc) is 3.45. The molecule has 1 saturated heterocycles. The van der Waals surface area contributed by atoms with E-state index >= 15 is 4.39 Å². The van der Waals surface area contributed by atoms with Gasteiger partial charge in [-0.2, -0.15) is 5.10 Å². The van der Waals surface area contributed by atoms with Gasteiger partial charge in [0.2, 0.25) is 5.95 Å². The van der Waals surface area contributed by atoms with Crippen LogP contribution in [-0.4, -0.2) is 49.9 Å². The number of halogens is 3. The number of alkyl halides is 1. The van der Waals surface area contributed by atoms with Gasteiger partial charge in [-0.3, -0.25) is 14.5 Å². The number of amides is 2. The number of aryl methyl sites for hydroxylation is 1. The Morgan fingerprint density at radius 2 is 1.97 bits per heavy atom. The van der Waals surface area contributed by atoms with Gasteiger partial charge in [-0.15, -0.1) is 0 Å². The summed E-state index contributed by atoms with van der Waals surface area (Å²) in [6.07, 6.45) is 7.08. The number of aromatic nitrogens is 4. The molecule has 2 amide bonds. The SMILES string of the molecule is CCn1cc(C2C=CC=C(N3CCN(c4ccc(Cl)c(Cl)c4)C3=O)C2F)c(-c2ccnc(N)n2)n1. The lowest BCUT2D eigenvalue weighted by Crippen LogP contribution is -2.36. The van der Waals surface area contributed by atoms with E-state index in [0.717, 1.165) is 0 Å². The highest BCUT2D eigenvalue weighted by atomic mass is 35.5. The van der Waals surface area contributed by atoms with Crippen molar-refractivity contribution in [1.29, 1.82) is 0 Å². The molecule has 2 aromatic heterocycles. The third-order valence-electron chi connectivity index (χ3n) is 6.11. The van der Waals surface area contributed by atoms with Crippen molar-refractivity contribution in [3.05, 3.63) is 76.2 Å². The molecular formula is C24H22Cl2FN7O. The Bertz CT molecular complexity index is 1360. The third-order valence-corrected chi connectivity index (χ3v) is 6.85. The molecule has 180 valence electrons. The molecule has 8 nitrogen and oxygen atoms in total. The van der Waals surface area contributed by atoms with E-state index in [1.54, 1.807) is 58.3 Å². The van der Waals surface area contributed by atoms with Crippen LogP contribution in [0.4, 0.5) is 20.8 Å². The van der Waals surface area contributed by atoms with Crippen LogP contribution >= 0.6 is 23.2 Å². The number of rotatable bonds is 5. The number of nitrogen functional groups attached to an aromatic ring is 1. The molecule has 5 rings (SSSR count). The molecular weight excluding hydrogens is 492 g/mol. The highest BCUT2D eigenvalue weighted by Crippen LogP contribution is 2.39. The van der Waals surface area contributed by atoms with Crippen molar-refractivity contribution in [2.24, 2.45) is 0 Å². The predicted octanol–water partition coefficient (Wildman–Crippen LogP) is 5.07. The topological polar surface area (TPSA) is 93.2 Å². The zero-order valence-electron chi connectivity index (χ0n) is 18.8. The van der Waals surface area contributed by atoms with Crippen LogP contribution in [0.25, 0.3) is 11.4 Å². The molecule has 1 aliphatic heterocycles. The fraction of sp³-hybridized carbons (Fsp3) is 0.250. The number of nitrogens with zero attached hydrogens (tertiary/aromatic N) is 6. The van der Waals surface area contributed by atoms with Crippen molar-refractivity contribution in [1.82, 2.24) is 24.6 Å². The summed E-state index contributed by atoms with van der Waals surface area (Å²) >= 11 is 12.1. The molecule has 0 saturated carbocycles. The van der Waals surface area contributed by atoms with Gasteiger partial charge in [0.15, 0.2) is 6.17 Å². The number of anilines is 2. The van der Waals surface area contributed by atoms with Crippen molar-refractivity contribution in [2.75, 3.05) is 23.7 Å². The fourth-order valence-electron chi connectivity index (χ4n) is 4.36. The minimum atomic E-state index is -1.47. The van der Waals surface area contributed by atoms with Gasteiger partial charge in [-0.1, -0.05) is 35.4 Å². The van der Waals surface area contributed by atoms with Gasteiger partial charge in [0.05, 0.1) is 21.4 Å². The number of carbonyl (C=O) groups is 1. The summed E-state index contributed by atoms with van der Waals surface area (Å²) in [5.74, 6) is -0.547. The van der Waals surface area contributed by atoms with Gasteiger partial charge >= 0.3 is 6.03 Å². The van der Waals surface area contributed by atoms with Gasteiger partial charge in [0.25, 0.3) is 0 Å². The first-order valence-corrected chi connectivity index (χ1v) is 11.9. The highest BCUT2D eigenvalue weighted by Gasteiger charge is 2.39. The third kappa shape index (κ3) is 4.26. The van der Waals surface area contributed by atoms with E-state index < -0.39 is 12.1 Å². The van der Waals surface area contributed by atoms with Crippen LogP contribution in [-0.2, 0) is 6.54 Å². The van der Waals surface area contributed by atoms with Gasteiger partial charge in [0.1, 0.15) is 5.69 Å². The second-order valence-corrected chi connectivity index (χ2v) is 8.99. The molecule has 0 radical (unpaired) electrons. The number of urea groups is 1. The molecule has 1 fully saturated rings. The largest absolute Gasteiger partial charge is 0.368 e. The monoisotopic (exact) mass is 513 g/mol. The van der Waals surface area contributed by atoms with Crippen LogP contribution in [0.15, 0.2) is 60.6 Å². The van der Waals surface area contributed by atoms with Crippen molar-refractivity contribution in [3.8, 4) is 11.4 Å². The average molecular weight is 514 g/mol. The highest BCUT2D eigenvalue weighted by molar-refractivity contribution is 6.42. The van der Waals surface area contributed by atoms with Crippen molar-refractivity contribution < 1.29 is 9.18 Å². The summed E-state index contributed by atoms with van der Waals surface area (Å²) in [5, 5.41) is 5.35. The summed E-state index contributed by atoms with van der Waals surface area (Å²) < 4.78 is 17.8. The van der Waals surface area contributed by atoms with Gasteiger partial charge in [0, 0.05) is 49.2 Å². The van der Waals surface area contributed by atoms with E-state index in [-0.39, 0.29) is 12.0 Å². The summed E-state index contributed by atoms with van der Waals surface area (Å²) in [6.45, 7) is 3.29. The maximum absolute atomic E-state index is 16.1. The Balaban J connectivity index is 1.44. The lowest BCUT2D eigenvalue weighted by molar-refractivity contribution is 0.217. The standard InChI is InChI=1S/C24H22Cl2FN7O/c1-2-32-13-16(22(31-32)19-8-9-29-23(28)30-19)15-4-3-5-20(21(15)27)34-11-10-33(24(34)35)14-6-7-17(25)18(26)12-14/h3-9,12-13,15,21H,2,10-11H2,1H3,(H2,28,29,30). The molecule has 3 aromatic rings. The summed E-state index contributed by atoms with van der Waals surface area (Å²) in [4.78, 5) is 24.5. The van der Waals surface area contributed by atoms with Crippen LogP contribution < -0.4 is 10.6 Å². The minimum absolute atomic E-state index is 0.112. The molecule has 3 heterocycles. The zero-order chi connectivity index (χ0) is 24.7. The molecule has 1 aliphatic carbocycles. The van der Waals surface area contributed by atoms with E-state index in [0.29, 0.717) is 58.0 Å². The van der Waals surface area contributed by atoms with Crippen molar-refractivity contribution in [2.45, 2.75) is 25.6 Å². The van der Waals surface area contributed by atoms with Crippen LogP contribution in [0.5, 0.6) is 0 Å². The number of hydrogen-bond acceptors (Lipinski definition) is 5. The lowest BCUT2D eigenvalue weighted by atomic mass is 9.88. The van der Waals surface area contributed by atoms with E-state index in [4.69, 9.17) is 28.9 Å². The van der Waals surface area contributed by atoms with Crippen LogP contribution in [0, 0.1) is 0 Å². The first-order valence-electron chi connectivity index (χ1n) is 11.1. The quantitative estimate of drug-likeness (QED) is 0.514. The molecule has 11 heteroatoms. The first kappa shape index (κ1) is 23.3. The molecule has 1 aromatic carbocycles. The molecule has 2 atom stereocenters. The Labute approximate surface area is 211 Å². The van der Waals surface area contributed by atoms with E-state index in [1.165, 1.54) is 4.90 Å².